The lowest BCUT2D eigenvalue weighted by atomic mass is 10.1. The van der Waals surface area contributed by atoms with E-state index in [1.165, 1.54) is 0 Å². The Balaban J connectivity index is 1.01. The van der Waals surface area contributed by atoms with Crippen LogP contribution in [0.15, 0.2) is 76.4 Å². The molecule has 1 fully saturated rings. The second-order valence-electron chi connectivity index (χ2n) is 11.6. The standard InChI is InChI=1S/C34H35BrClN7O2S/c1-22-12-13-29-28(17-22)31-32(43(29)21-24-7-5-9-26(36)18-24)38-33(40-39-31)46-16-4-3-11-30(44)41-14-15-42(23(2)20-41)34(45)37-27-10-6-8-25(35)19-27/h5-10,12-13,17-19,23H,3-4,11,14-16,20-21H2,1-2H3,(H,37,45). The smallest absolute Gasteiger partial charge is 0.322 e. The van der Waals surface area contributed by atoms with Gasteiger partial charge in [0.2, 0.25) is 11.1 Å². The van der Waals surface area contributed by atoms with Crippen LogP contribution in [0.25, 0.3) is 22.1 Å². The van der Waals surface area contributed by atoms with Crippen LogP contribution in [-0.4, -0.2) is 72.9 Å². The number of halogens is 2. The molecular formula is C34H35BrClN7O2S. The number of carbonyl (C=O) groups excluding carboxylic acids is 2. The molecule has 1 aliphatic rings. The average Bonchev–Trinajstić information content (AvgIpc) is 3.32. The maximum absolute atomic E-state index is 13.0. The van der Waals surface area contributed by atoms with Crippen LogP contribution in [0.1, 0.15) is 37.3 Å². The van der Waals surface area contributed by atoms with E-state index in [0.29, 0.717) is 42.8 Å². The number of anilines is 1. The maximum Gasteiger partial charge on any atom is 0.322 e. The number of unbranched alkanes of at least 4 members (excludes halogenated alkanes) is 1. The number of amides is 3. The predicted octanol–water partition coefficient (Wildman–Crippen LogP) is 7.78. The lowest BCUT2D eigenvalue weighted by Crippen LogP contribution is -2.56. The number of hydrogen-bond acceptors (Lipinski definition) is 6. The number of aryl methyl sites for hydroxylation is 1. The molecule has 2 aromatic heterocycles. The van der Waals surface area contributed by atoms with Crippen LogP contribution >= 0.6 is 39.3 Å². The molecule has 0 radical (unpaired) electrons. The molecule has 1 aliphatic heterocycles. The predicted molar refractivity (Wildman–Crippen MR) is 189 cm³/mol. The van der Waals surface area contributed by atoms with E-state index in [1.54, 1.807) is 16.7 Å². The highest BCUT2D eigenvalue weighted by molar-refractivity contribution is 9.10. The van der Waals surface area contributed by atoms with Crippen LogP contribution in [-0.2, 0) is 11.3 Å². The lowest BCUT2D eigenvalue weighted by Gasteiger charge is -2.39. The Morgan fingerprint density at radius 3 is 2.70 bits per heavy atom. The molecule has 46 heavy (non-hydrogen) atoms. The fourth-order valence-electron chi connectivity index (χ4n) is 5.84. The summed E-state index contributed by atoms with van der Waals surface area (Å²) in [5.74, 6) is 0.915. The van der Waals surface area contributed by atoms with E-state index in [-0.39, 0.29) is 18.0 Å². The van der Waals surface area contributed by atoms with Crippen molar-refractivity contribution in [1.82, 2.24) is 29.5 Å². The third kappa shape index (κ3) is 7.48. The molecular weight excluding hydrogens is 686 g/mol. The van der Waals surface area contributed by atoms with Gasteiger partial charge in [0.15, 0.2) is 5.65 Å². The normalized spacial score (nSPS) is 15.1. The van der Waals surface area contributed by atoms with E-state index in [0.717, 1.165) is 61.9 Å². The Bertz CT molecular complexity index is 1900. The highest BCUT2D eigenvalue weighted by Crippen LogP contribution is 2.30. The summed E-state index contributed by atoms with van der Waals surface area (Å²) in [6.07, 6.45) is 2.10. The van der Waals surface area contributed by atoms with E-state index in [4.69, 9.17) is 16.6 Å². The zero-order valence-electron chi connectivity index (χ0n) is 25.7. The van der Waals surface area contributed by atoms with Crippen molar-refractivity contribution in [2.75, 3.05) is 30.7 Å². The van der Waals surface area contributed by atoms with Crippen LogP contribution in [0.2, 0.25) is 5.02 Å². The van der Waals surface area contributed by atoms with Gasteiger partial charge >= 0.3 is 6.03 Å². The number of aromatic nitrogens is 4. The van der Waals surface area contributed by atoms with E-state index in [1.807, 2.05) is 54.3 Å². The summed E-state index contributed by atoms with van der Waals surface area (Å²) in [6, 6.07) is 21.5. The van der Waals surface area contributed by atoms with Crippen molar-refractivity contribution in [3.8, 4) is 0 Å². The molecule has 1 unspecified atom stereocenters. The SMILES string of the molecule is Cc1ccc2c(c1)c1nnc(SCCCCC(=O)N3CCN(C(=O)Nc4cccc(Br)c4)C(C)C3)nc1n2Cc1cccc(Cl)c1. The van der Waals surface area contributed by atoms with Crippen LogP contribution in [0.5, 0.6) is 0 Å². The largest absolute Gasteiger partial charge is 0.339 e. The third-order valence-electron chi connectivity index (χ3n) is 8.17. The van der Waals surface area contributed by atoms with E-state index < -0.39 is 0 Å². The fraction of sp³-hybridized carbons (Fsp3) is 0.324. The molecule has 3 heterocycles. The molecule has 3 amide bonds. The van der Waals surface area contributed by atoms with E-state index in [2.05, 4.69) is 67.2 Å². The van der Waals surface area contributed by atoms with Gasteiger partial charge in [-0.25, -0.2) is 9.78 Å². The summed E-state index contributed by atoms with van der Waals surface area (Å²) in [7, 11) is 0. The van der Waals surface area contributed by atoms with Crippen molar-refractivity contribution in [3.63, 3.8) is 0 Å². The average molecular weight is 721 g/mol. The van der Waals surface area contributed by atoms with Gasteiger partial charge in [-0.3, -0.25) is 4.79 Å². The second-order valence-corrected chi connectivity index (χ2v) is 14.0. The molecule has 0 saturated carbocycles. The minimum Gasteiger partial charge on any atom is -0.339 e. The number of fused-ring (bicyclic) bond motifs is 3. The first-order valence-corrected chi connectivity index (χ1v) is 17.5. The molecule has 1 atom stereocenters. The van der Waals surface area contributed by atoms with Crippen LogP contribution < -0.4 is 5.32 Å². The molecule has 6 rings (SSSR count). The molecule has 12 heteroatoms. The molecule has 238 valence electrons. The molecule has 0 bridgehead atoms. The van der Waals surface area contributed by atoms with Gasteiger partial charge in [0.05, 0.1) is 5.52 Å². The van der Waals surface area contributed by atoms with Gasteiger partial charge in [0, 0.05) is 65.0 Å². The Morgan fingerprint density at radius 1 is 1.04 bits per heavy atom. The number of thioether (sulfide) groups is 1. The summed E-state index contributed by atoms with van der Waals surface area (Å²) in [5, 5.41) is 14.3. The van der Waals surface area contributed by atoms with Crippen molar-refractivity contribution >= 4 is 79.0 Å². The van der Waals surface area contributed by atoms with Gasteiger partial charge < -0.3 is 19.7 Å². The lowest BCUT2D eigenvalue weighted by molar-refractivity contribution is -0.133. The van der Waals surface area contributed by atoms with Crippen LogP contribution in [0.3, 0.4) is 0 Å². The molecule has 5 aromatic rings. The van der Waals surface area contributed by atoms with Gasteiger partial charge in [0.1, 0.15) is 5.52 Å². The van der Waals surface area contributed by atoms with E-state index >= 15 is 0 Å². The molecule has 3 aromatic carbocycles. The minimum absolute atomic E-state index is 0.0710. The van der Waals surface area contributed by atoms with Gasteiger partial charge in [-0.2, -0.15) is 0 Å². The Morgan fingerprint density at radius 2 is 1.89 bits per heavy atom. The Kier molecular flexibility index (Phi) is 10.1. The Hall–Kier alpha value is -3.67. The maximum atomic E-state index is 13.0. The topological polar surface area (TPSA) is 96.2 Å². The molecule has 1 N–H and O–H groups in total. The zero-order valence-corrected chi connectivity index (χ0v) is 28.9. The zero-order chi connectivity index (χ0) is 32.2. The van der Waals surface area contributed by atoms with Crippen LogP contribution in [0.4, 0.5) is 10.5 Å². The number of hydrogen-bond donors (Lipinski definition) is 1. The number of urea groups is 1. The Labute approximate surface area is 285 Å². The summed E-state index contributed by atoms with van der Waals surface area (Å²) in [6.45, 7) is 6.24. The van der Waals surface area contributed by atoms with Crippen molar-refractivity contribution in [2.24, 2.45) is 0 Å². The molecule has 1 saturated heterocycles. The minimum atomic E-state index is -0.149. The monoisotopic (exact) mass is 719 g/mol. The number of nitrogens with zero attached hydrogens (tertiary/aromatic N) is 6. The summed E-state index contributed by atoms with van der Waals surface area (Å²) < 4.78 is 3.08. The first-order chi connectivity index (χ1) is 22.2. The quantitative estimate of drug-likeness (QED) is 0.124. The van der Waals surface area contributed by atoms with Gasteiger partial charge in [-0.05, 0) is 74.7 Å². The van der Waals surface area contributed by atoms with Crippen molar-refractivity contribution in [2.45, 2.75) is 50.9 Å². The summed E-state index contributed by atoms with van der Waals surface area (Å²) >= 11 is 11.3. The molecule has 0 spiro atoms. The van der Waals surface area contributed by atoms with Crippen LogP contribution in [0, 0.1) is 6.92 Å². The van der Waals surface area contributed by atoms with Crippen molar-refractivity contribution in [3.05, 3.63) is 87.4 Å². The van der Waals surface area contributed by atoms with Gasteiger partial charge in [-0.1, -0.05) is 69.1 Å². The van der Waals surface area contributed by atoms with Crippen molar-refractivity contribution in [1.29, 1.82) is 0 Å². The number of rotatable bonds is 9. The highest BCUT2D eigenvalue weighted by Gasteiger charge is 2.29. The highest BCUT2D eigenvalue weighted by atomic mass is 79.9. The third-order valence-corrected chi connectivity index (χ3v) is 9.82. The second kappa shape index (κ2) is 14.4. The van der Waals surface area contributed by atoms with E-state index in [9.17, 15) is 9.59 Å². The first kappa shape index (κ1) is 32.3. The molecule has 9 nitrogen and oxygen atoms in total. The van der Waals surface area contributed by atoms with Gasteiger partial charge in [0.25, 0.3) is 0 Å². The number of piperazine rings is 1. The summed E-state index contributed by atoms with van der Waals surface area (Å²) in [4.78, 5) is 34.4. The molecule has 0 aliphatic carbocycles. The fourth-order valence-corrected chi connectivity index (χ4v) is 7.23. The number of carbonyl (C=O) groups is 2. The summed E-state index contributed by atoms with van der Waals surface area (Å²) in [5.41, 5.74) is 5.62. The number of benzene rings is 3. The van der Waals surface area contributed by atoms with Crippen molar-refractivity contribution < 1.29 is 9.59 Å². The first-order valence-electron chi connectivity index (χ1n) is 15.4. The number of nitrogens with one attached hydrogen (secondary N) is 1. The van der Waals surface area contributed by atoms with Gasteiger partial charge in [-0.15, -0.1) is 10.2 Å².